The fourth-order valence-electron chi connectivity index (χ4n) is 1.89. The molecule has 2 rings (SSSR count). The van der Waals surface area contributed by atoms with Crippen molar-refractivity contribution in [2.24, 2.45) is 0 Å². The Labute approximate surface area is 127 Å². The zero-order valence-electron chi connectivity index (χ0n) is 10.9. The van der Waals surface area contributed by atoms with Crippen LogP contribution in [0, 0.1) is 5.82 Å². The molecule has 0 heterocycles. The van der Waals surface area contributed by atoms with Gasteiger partial charge in [0.1, 0.15) is 11.6 Å². The first kappa shape index (κ1) is 15.8. The molecular weight excluding hydrogens is 352 g/mol. The van der Waals surface area contributed by atoms with Crippen molar-refractivity contribution in [2.75, 3.05) is 7.11 Å². The van der Waals surface area contributed by atoms with Crippen molar-refractivity contribution >= 4 is 15.9 Å². The van der Waals surface area contributed by atoms with Crippen LogP contribution in [0.15, 0.2) is 42.5 Å². The summed E-state index contributed by atoms with van der Waals surface area (Å²) in [6, 6.07) is 9.02. The maximum Gasteiger partial charge on any atom is 0.416 e. The summed E-state index contributed by atoms with van der Waals surface area (Å²) in [7, 11) is 1.41. The SMILES string of the molecule is COc1ccc(C(Br)c2cccc(C(F)(F)F)c2)c(F)c1. The Bertz CT molecular complexity index is 640. The first-order valence-corrected chi connectivity index (χ1v) is 6.89. The minimum Gasteiger partial charge on any atom is -0.497 e. The number of benzene rings is 2. The van der Waals surface area contributed by atoms with E-state index in [-0.39, 0.29) is 5.56 Å². The fourth-order valence-corrected chi connectivity index (χ4v) is 2.55. The van der Waals surface area contributed by atoms with Crippen molar-refractivity contribution < 1.29 is 22.3 Å². The number of methoxy groups -OCH3 is 1. The molecule has 0 amide bonds. The molecule has 112 valence electrons. The fraction of sp³-hybridized carbons (Fsp3) is 0.200. The molecular formula is C15H11BrF4O. The molecule has 1 atom stereocenters. The van der Waals surface area contributed by atoms with Gasteiger partial charge in [-0.25, -0.2) is 4.39 Å². The van der Waals surface area contributed by atoms with Crippen LogP contribution in [0.1, 0.15) is 21.5 Å². The second-order valence-corrected chi connectivity index (χ2v) is 5.29. The molecule has 2 aromatic rings. The summed E-state index contributed by atoms with van der Waals surface area (Å²) in [6.07, 6.45) is -4.43. The first-order valence-electron chi connectivity index (χ1n) is 5.97. The maximum atomic E-state index is 14.0. The zero-order valence-corrected chi connectivity index (χ0v) is 12.5. The molecule has 0 fully saturated rings. The Morgan fingerprint density at radius 1 is 1.10 bits per heavy atom. The van der Waals surface area contributed by atoms with E-state index in [1.54, 1.807) is 6.07 Å². The molecule has 0 saturated heterocycles. The van der Waals surface area contributed by atoms with Gasteiger partial charge in [-0.15, -0.1) is 0 Å². The Hall–Kier alpha value is -1.56. The summed E-state index contributed by atoms with van der Waals surface area (Å²) in [5.41, 5.74) is -0.192. The second kappa shape index (κ2) is 6.05. The highest BCUT2D eigenvalue weighted by Crippen LogP contribution is 2.37. The van der Waals surface area contributed by atoms with E-state index in [1.807, 2.05) is 0 Å². The van der Waals surface area contributed by atoms with Crippen LogP contribution in [-0.4, -0.2) is 7.11 Å². The summed E-state index contributed by atoms with van der Waals surface area (Å²) in [6.45, 7) is 0. The van der Waals surface area contributed by atoms with Crippen LogP contribution in [-0.2, 0) is 6.18 Å². The number of hydrogen-bond acceptors (Lipinski definition) is 1. The maximum absolute atomic E-state index is 14.0. The van der Waals surface area contributed by atoms with Gasteiger partial charge in [0.15, 0.2) is 0 Å². The van der Waals surface area contributed by atoms with Gasteiger partial charge in [-0.3, -0.25) is 0 Å². The van der Waals surface area contributed by atoms with E-state index in [1.165, 1.54) is 31.4 Å². The van der Waals surface area contributed by atoms with Gasteiger partial charge >= 0.3 is 6.18 Å². The van der Waals surface area contributed by atoms with Crippen LogP contribution in [0.25, 0.3) is 0 Å². The molecule has 21 heavy (non-hydrogen) atoms. The van der Waals surface area contributed by atoms with E-state index in [0.717, 1.165) is 12.1 Å². The second-order valence-electron chi connectivity index (χ2n) is 4.37. The summed E-state index contributed by atoms with van der Waals surface area (Å²) in [5.74, 6) is -0.200. The van der Waals surface area contributed by atoms with E-state index in [2.05, 4.69) is 15.9 Å². The lowest BCUT2D eigenvalue weighted by Gasteiger charge is -2.15. The number of rotatable bonds is 3. The summed E-state index contributed by atoms with van der Waals surface area (Å²) in [5, 5.41) is 0. The van der Waals surface area contributed by atoms with E-state index in [9.17, 15) is 17.6 Å². The highest BCUT2D eigenvalue weighted by Gasteiger charge is 2.31. The molecule has 0 spiro atoms. The van der Waals surface area contributed by atoms with Crippen molar-refractivity contribution in [2.45, 2.75) is 11.0 Å². The van der Waals surface area contributed by atoms with Crippen LogP contribution >= 0.6 is 15.9 Å². The van der Waals surface area contributed by atoms with Crippen LogP contribution in [0.2, 0.25) is 0 Å². The average molecular weight is 363 g/mol. The van der Waals surface area contributed by atoms with Crippen molar-refractivity contribution in [1.29, 1.82) is 0 Å². The van der Waals surface area contributed by atoms with Gasteiger partial charge < -0.3 is 4.74 Å². The smallest absolute Gasteiger partial charge is 0.416 e. The third-order valence-electron chi connectivity index (χ3n) is 2.99. The monoisotopic (exact) mass is 362 g/mol. The van der Waals surface area contributed by atoms with Gasteiger partial charge in [0, 0.05) is 11.6 Å². The molecule has 0 N–H and O–H groups in total. The van der Waals surface area contributed by atoms with Gasteiger partial charge in [-0.05, 0) is 17.7 Å². The number of ether oxygens (including phenoxy) is 1. The van der Waals surface area contributed by atoms with Gasteiger partial charge in [0.05, 0.1) is 17.5 Å². The lowest BCUT2D eigenvalue weighted by Crippen LogP contribution is -2.06. The lowest BCUT2D eigenvalue weighted by molar-refractivity contribution is -0.137. The normalized spacial score (nSPS) is 13.0. The highest BCUT2D eigenvalue weighted by atomic mass is 79.9. The third-order valence-corrected chi connectivity index (χ3v) is 4.01. The highest BCUT2D eigenvalue weighted by molar-refractivity contribution is 9.09. The topological polar surface area (TPSA) is 9.23 Å². The predicted molar refractivity (Wildman–Crippen MR) is 75.2 cm³/mol. The Kier molecular flexibility index (Phi) is 4.56. The average Bonchev–Trinajstić information content (AvgIpc) is 2.45. The third kappa shape index (κ3) is 3.56. The largest absolute Gasteiger partial charge is 0.497 e. The molecule has 0 bridgehead atoms. The van der Waals surface area contributed by atoms with Crippen molar-refractivity contribution in [3.63, 3.8) is 0 Å². The van der Waals surface area contributed by atoms with E-state index < -0.39 is 22.4 Å². The molecule has 1 nitrogen and oxygen atoms in total. The summed E-state index contributed by atoms with van der Waals surface area (Å²) in [4.78, 5) is -0.675. The quantitative estimate of drug-likeness (QED) is 0.529. The molecule has 0 aliphatic heterocycles. The Morgan fingerprint density at radius 3 is 2.38 bits per heavy atom. The van der Waals surface area contributed by atoms with E-state index >= 15 is 0 Å². The van der Waals surface area contributed by atoms with Crippen molar-refractivity contribution in [3.8, 4) is 5.75 Å². The molecule has 2 aromatic carbocycles. The van der Waals surface area contributed by atoms with Gasteiger partial charge in [0.2, 0.25) is 0 Å². The summed E-state index contributed by atoms with van der Waals surface area (Å²) < 4.78 is 57.0. The van der Waals surface area contributed by atoms with Crippen LogP contribution in [0.3, 0.4) is 0 Å². The zero-order chi connectivity index (χ0) is 15.6. The standard InChI is InChI=1S/C15H11BrF4O/c1-21-11-5-6-12(13(17)8-11)14(16)9-3-2-4-10(7-9)15(18,19)20/h2-8,14H,1H3. The first-order chi connectivity index (χ1) is 9.82. The van der Waals surface area contributed by atoms with Crippen molar-refractivity contribution in [1.82, 2.24) is 0 Å². The van der Waals surface area contributed by atoms with Crippen LogP contribution in [0.5, 0.6) is 5.75 Å². The van der Waals surface area contributed by atoms with Gasteiger partial charge in [-0.1, -0.05) is 40.2 Å². The Morgan fingerprint density at radius 2 is 1.81 bits per heavy atom. The number of halogens is 5. The molecule has 0 saturated carbocycles. The van der Waals surface area contributed by atoms with E-state index in [0.29, 0.717) is 11.3 Å². The number of hydrogen-bond donors (Lipinski definition) is 0. The van der Waals surface area contributed by atoms with Crippen LogP contribution in [0.4, 0.5) is 17.6 Å². The molecule has 0 aliphatic rings. The molecule has 1 unspecified atom stereocenters. The molecule has 0 aliphatic carbocycles. The molecule has 6 heteroatoms. The Balaban J connectivity index is 2.38. The lowest BCUT2D eigenvalue weighted by atomic mass is 10.0. The van der Waals surface area contributed by atoms with E-state index in [4.69, 9.17) is 4.74 Å². The van der Waals surface area contributed by atoms with Crippen molar-refractivity contribution in [3.05, 3.63) is 65.0 Å². The molecule has 0 radical (unpaired) electrons. The predicted octanol–water partition coefficient (Wildman–Crippen LogP) is 5.34. The van der Waals surface area contributed by atoms with Gasteiger partial charge in [0.25, 0.3) is 0 Å². The van der Waals surface area contributed by atoms with Crippen LogP contribution < -0.4 is 4.74 Å². The number of alkyl halides is 4. The minimum absolute atomic E-state index is 0.245. The van der Waals surface area contributed by atoms with Gasteiger partial charge in [-0.2, -0.15) is 13.2 Å². The molecule has 0 aromatic heterocycles. The summed E-state index contributed by atoms with van der Waals surface area (Å²) >= 11 is 3.24. The minimum atomic E-state index is -4.43.